The van der Waals surface area contributed by atoms with E-state index < -0.39 is 4.92 Å². The van der Waals surface area contributed by atoms with Gasteiger partial charge in [0.15, 0.2) is 11.5 Å². The lowest BCUT2D eigenvalue weighted by atomic mass is 10.1. The lowest BCUT2D eigenvalue weighted by Gasteiger charge is -2.20. The van der Waals surface area contributed by atoms with Crippen LogP contribution < -0.4 is 9.47 Å². The number of carbonyl (C=O) groups is 1. The molecule has 0 aliphatic carbocycles. The molecule has 0 fully saturated rings. The summed E-state index contributed by atoms with van der Waals surface area (Å²) >= 11 is 5.78. The predicted octanol–water partition coefficient (Wildman–Crippen LogP) is 3.54. The number of benzene rings is 2. The first kappa shape index (κ1) is 18.5. The van der Waals surface area contributed by atoms with E-state index in [1.807, 2.05) is 6.07 Å². The van der Waals surface area contributed by atoms with Gasteiger partial charge in [0, 0.05) is 30.8 Å². The summed E-state index contributed by atoms with van der Waals surface area (Å²) in [6.07, 6.45) is 0. The summed E-state index contributed by atoms with van der Waals surface area (Å²) in [5.74, 6) is 0.722. The van der Waals surface area contributed by atoms with Gasteiger partial charge >= 0.3 is 0 Å². The van der Waals surface area contributed by atoms with Crippen molar-refractivity contribution >= 4 is 23.2 Å². The molecule has 0 bridgehead atoms. The van der Waals surface area contributed by atoms with Crippen molar-refractivity contribution in [2.75, 3.05) is 21.3 Å². The minimum Gasteiger partial charge on any atom is -0.493 e. The third kappa shape index (κ3) is 4.00. The number of hydrogen-bond acceptors (Lipinski definition) is 5. The fraction of sp³-hybridized carbons (Fsp3) is 0.235. The van der Waals surface area contributed by atoms with Crippen LogP contribution in [-0.4, -0.2) is 37.0 Å². The number of hydrogen-bond donors (Lipinski definition) is 0. The Labute approximate surface area is 149 Å². The summed E-state index contributed by atoms with van der Waals surface area (Å²) in [6.45, 7) is 0.246. The van der Waals surface area contributed by atoms with E-state index in [0.29, 0.717) is 11.5 Å². The Morgan fingerprint density at radius 3 is 2.56 bits per heavy atom. The predicted molar refractivity (Wildman–Crippen MR) is 93.4 cm³/mol. The van der Waals surface area contributed by atoms with E-state index in [4.69, 9.17) is 21.1 Å². The van der Waals surface area contributed by atoms with Crippen LogP contribution in [0.5, 0.6) is 11.5 Å². The SMILES string of the molecule is COc1cccc(CN(C)C(=O)c2ccc(Cl)c([N+](=O)[O-])c2)c1OC. The molecule has 0 N–H and O–H groups in total. The average molecular weight is 365 g/mol. The van der Waals surface area contributed by atoms with Gasteiger partial charge in [-0.25, -0.2) is 0 Å². The summed E-state index contributed by atoms with van der Waals surface area (Å²) in [7, 11) is 4.65. The fourth-order valence-electron chi connectivity index (χ4n) is 2.41. The standard InChI is InChI=1S/C17H17ClN2O5/c1-19(10-12-5-4-6-15(24-2)16(12)25-3)17(21)11-7-8-13(18)14(9-11)20(22)23/h4-9H,10H2,1-3H3. The quantitative estimate of drug-likeness (QED) is 0.578. The Kier molecular flexibility index (Phi) is 5.82. The van der Waals surface area contributed by atoms with Crippen LogP contribution in [0.25, 0.3) is 0 Å². The normalized spacial score (nSPS) is 10.2. The number of nitrogens with zero attached hydrogens (tertiary/aromatic N) is 2. The molecule has 7 nitrogen and oxygen atoms in total. The highest BCUT2D eigenvalue weighted by Gasteiger charge is 2.20. The second-order valence-electron chi connectivity index (χ2n) is 5.24. The van der Waals surface area contributed by atoms with Gasteiger partial charge < -0.3 is 14.4 Å². The first-order chi connectivity index (χ1) is 11.9. The Balaban J connectivity index is 2.27. The number of nitro groups is 1. The molecule has 0 aromatic heterocycles. The number of rotatable bonds is 6. The summed E-state index contributed by atoms with van der Waals surface area (Å²) in [5, 5.41) is 11.0. The number of ether oxygens (including phenoxy) is 2. The first-order valence-corrected chi connectivity index (χ1v) is 7.66. The lowest BCUT2D eigenvalue weighted by molar-refractivity contribution is -0.384. The topological polar surface area (TPSA) is 81.9 Å². The summed E-state index contributed by atoms with van der Waals surface area (Å²) in [5.41, 5.74) is 0.626. The fourth-order valence-corrected chi connectivity index (χ4v) is 2.60. The molecule has 0 aliphatic rings. The maximum absolute atomic E-state index is 12.6. The summed E-state index contributed by atoms with van der Waals surface area (Å²) in [4.78, 5) is 24.4. The molecule has 132 valence electrons. The number of amides is 1. The molecule has 0 saturated heterocycles. The maximum Gasteiger partial charge on any atom is 0.288 e. The van der Waals surface area contributed by atoms with Gasteiger partial charge in [0.05, 0.1) is 19.1 Å². The van der Waals surface area contributed by atoms with Crippen LogP contribution in [0.1, 0.15) is 15.9 Å². The molecule has 0 radical (unpaired) electrons. The van der Waals surface area contributed by atoms with E-state index in [-0.39, 0.29) is 28.7 Å². The number of nitro benzene ring substituents is 1. The van der Waals surface area contributed by atoms with Crippen molar-refractivity contribution in [3.05, 3.63) is 62.7 Å². The molecule has 2 aromatic rings. The molecular weight excluding hydrogens is 348 g/mol. The van der Waals surface area contributed by atoms with Crippen molar-refractivity contribution in [1.29, 1.82) is 0 Å². The largest absolute Gasteiger partial charge is 0.493 e. The van der Waals surface area contributed by atoms with Crippen LogP contribution in [0.4, 0.5) is 5.69 Å². The van der Waals surface area contributed by atoms with E-state index in [2.05, 4.69) is 0 Å². The van der Waals surface area contributed by atoms with Crippen LogP contribution in [0.15, 0.2) is 36.4 Å². The Morgan fingerprint density at radius 2 is 1.96 bits per heavy atom. The first-order valence-electron chi connectivity index (χ1n) is 7.28. The van der Waals surface area contributed by atoms with Gasteiger partial charge in [-0.15, -0.1) is 0 Å². The molecule has 0 saturated carbocycles. The Morgan fingerprint density at radius 1 is 1.24 bits per heavy atom. The monoisotopic (exact) mass is 364 g/mol. The molecule has 25 heavy (non-hydrogen) atoms. The Bertz CT molecular complexity index is 810. The van der Waals surface area contributed by atoms with Crippen molar-refractivity contribution in [3.8, 4) is 11.5 Å². The molecular formula is C17H17ClN2O5. The second-order valence-corrected chi connectivity index (χ2v) is 5.64. The molecule has 8 heteroatoms. The summed E-state index contributed by atoms with van der Waals surface area (Å²) < 4.78 is 10.6. The van der Waals surface area contributed by atoms with Gasteiger partial charge in [-0.3, -0.25) is 14.9 Å². The lowest BCUT2D eigenvalue weighted by Crippen LogP contribution is -2.26. The van der Waals surface area contributed by atoms with Crippen molar-refractivity contribution in [2.24, 2.45) is 0 Å². The number of methoxy groups -OCH3 is 2. The molecule has 1 amide bonds. The maximum atomic E-state index is 12.6. The molecule has 0 spiro atoms. The van der Waals surface area contributed by atoms with Gasteiger partial charge in [-0.2, -0.15) is 0 Å². The highest BCUT2D eigenvalue weighted by molar-refractivity contribution is 6.32. The Hall–Kier alpha value is -2.80. The number of carbonyl (C=O) groups excluding carboxylic acids is 1. The molecule has 2 aromatic carbocycles. The van der Waals surface area contributed by atoms with Crippen molar-refractivity contribution < 1.29 is 19.2 Å². The zero-order valence-corrected chi connectivity index (χ0v) is 14.7. The highest BCUT2D eigenvalue weighted by Crippen LogP contribution is 2.32. The molecule has 0 heterocycles. The van der Waals surface area contributed by atoms with E-state index in [0.717, 1.165) is 5.56 Å². The van der Waals surface area contributed by atoms with Gasteiger partial charge in [0.1, 0.15) is 5.02 Å². The third-order valence-corrected chi connectivity index (χ3v) is 3.95. The molecule has 0 atom stereocenters. The van der Waals surface area contributed by atoms with E-state index >= 15 is 0 Å². The molecule has 2 rings (SSSR count). The molecule has 0 unspecified atom stereocenters. The van der Waals surface area contributed by atoms with E-state index in [9.17, 15) is 14.9 Å². The van der Waals surface area contributed by atoms with Gasteiger partial charge in [0.2, 0.25) is 0 Å². The second kappa shape index (κ2) is 7.85. The number of halogens is 1. The van der Waals surface area contributed by atoms with Crippen LogP contribution in [0, 0.1) is 10.1 Å². The van der Waals surface area contributed by atoms with E-state index in [1.54, 1.807) is 19.2 Å². The zero-order chi connectivity index (χ0) is 18.6. The van der Waals surface area contributed by atoms with Gasteiger partial charge in [-0.05, 0) is 18.2 Å². The van der Waals surface area contributed by atoms with Gasteiger partial charge in [-0.1, -0.05) is 23.7 Å². The average Bonchev–Trinajstić information content (AvgIpc) is 2.60. The van der Waals surface area contributed by atoms with Gasteiger partial charge in [0.25, 0.3) is 11.6 Å². The van der Waals surface area contributed by atoms with Crippen LogP contribution in [0.3, 0.4) is 0 Å². The third-order valence-electron chi connectivity index (χ3n) is 3.63. The van der Waals surface area contributed by atoms with Crippen molar-refractivity contribution in [2.45, 2.75) is 6.54 Å². The minimum absolute atomic E-state index is 0.0151. The number of para-hydroxylation sites is 1. The zero-order valence-electron chi connectivity index (χ0n) is 14.0. The smallest absolute Gasteiger partial charge is 0.288 e. The van der Waals surface area contributed by atoms with Crippen LogP contribution in [0.2, 0.25) is 5.02 Å². The van der Waals surface area contributed by atoms with Crippen molar-refractivity contribution in [3.63, 3.8) is 0 Å². The van der Waals surface area contributed by atoms with Crippen LogP contribution >= 0.6 is 11.6 Å². The van der Waals surface area contributed by atoms with E-state index in [1.165, 1.54) is 37.3 Å². The minimum atomic E-state index is -0.621. The summed E-state index contributed by atoms with van der Waals surface area (Å²) in [6, 6.07) is 9.33. The van der Waals surface area contributed by atoms with Crippen LogP contribution in [-0.2, 0) is 6.54 Å². The highest BCUT2D eigenvalue weighted by atomic mass is 35.5. The van der Waals surface area contributed by atoms with Crippen molar-refractivity contribution in [1.82, 2.24) is 4.90 Å². The molecule has 0 aliphatic heterocycles.